The lowest BCUT2D eigenvalue weighted by Gasteiger charge is -2.25. The molecule has 0 aliphatic carbocycles. The normalized spacial score (nSPS) is 12.3. The van der Waals surface area contributed by atoms with Crippen molar-refractivity contribution in [1.82, 2.24) is 14.9 Å². The summed E-state index contributed by atoms with van der Waals surface area (Å²) in [5, 5.41) is 4.23. The zero-order valence-corrected chi connectivity index (χ0v) is 12.2. The van der Waals surface area contributed by atoms with Crippen molar-refractivity contribution in [2.75, 3.05) is 6.54 Å². The van der Waals surface area contributed by atoms with Crippen LogP contribution in [0.4, 0.5) is 0 Å². The predicted octanol–water partition coefficient (Wildman–Crippen LogP) is 3.55. The van der Waals surface area contributed by atoms with Crippen LogP contribution in [0.15, 0.2) is 18.2 Å². The molecule has 1 aromatic carbocycles. The molecule has 0 radical (unpaired) electrons. The SMILES string of the molecule is CCNC(C)(C)c1nc2ccc(Cl)cc2n1CC. The fourth-order valence-electron chi connectivity index (χ4n) is 2.41. The van der Waals surface area contributed by atoms with E-state index in [-0.39, 0.29) is 5.54 Å². The van der Waals surface area contributed by atoms with Gasteiger partial charge in [-0.2, -0.15) is 0 Å². The Bertz CT molecular complexity index is 557. The van der Waals surface area contributed by atoms with Gasteiger partial charge in [0.15, 0.2) is 0 Å². The predicted molar refractivity (Wildman–Crippen MR) is 77.1 cm³/mol. The first-order chi connectivity index (χ1) is 8.49. The van der Waals surface area contributed by atoms with Crippen molar-refractivity contribution in [1.29, 1.82) is 0 Å². The van der Waals surface area contributed by atoms with Crippen LogP contribution in [0.2, 0.25) is 5.02 Å². The fourth-order valence-corrected chi connectivity index (χ4v) is 2.58. The summed E-state index contributed by atoms with van der Waals surface area (Å²) in [6.45, 7) is 10.4. The summed E-state index contributed by atoms with van der Waals surface area (Å²) in [5.41, 5.74) is 1.96. The first-order valence-electron chi connectivity index (χ1n) is 6.41. The number of fused-ring (bicyclic) bond motifs is 1. The van der Waals surface area contributed by atoms with Gasteiger partial charge in [0.1, 0.15) is 5.82 Å². The van der Waals surface area contributed by atoms with Gasteiger partial charge in [-0.05, 0) is 45.5 Å². The molecular formula is C14H20ClN3. The molecule has 98 valence electrons. The van der Waals surface area contributed by atoms with Crippen molar-refractivity contribution < 1.29 is 0 Å². The standard InChI is InChI=1S/C14H20ClN3/c1-5-16-14(3,4)13-17-11-8-7-10(15)9-12(11)18(13)6-2/h7-9,16H,5-6H2,1-4H3. The third-order valence-electron chi connectivity index (χ3n) is 3.20. The Hall–Kier alpha value is -1.06. The number of benzene rings is 1. The molecule has 1 aromatic heterocycles. The smallest absolute Gasteiger partial charge is 0.129 e. The van der Waals surface area contributed by atoms with Gasteiger partial charge in [-0.3, -0.25) is 0 Å². The van der Waals surface area contributed by atoms with Gasteiger partial charge in [0.2, 0.25) is 0 Å². The largest absolute Gasteiger partial charge is 0.327 e. The molecule has 1 N–H and O–H groups in total. The Morgan fingerprint density at radius 1 is 1.33 bits per heavy atom. The third kappa shape index (κ3) is 2.25. The quantitative estimate of drug-likeness (QED) is 0.916. The van der Waals surface area contributed by atoms with Crippen molar-refractivity contribution in [2.45, 2.75) is 39.8 Å². The lowest BCUT2D eigenvalue weighted by molar-refractivity contribution is 0.377. The summed E-state index contributed by atoms with van der Waals surface area (Å²) in [7, 11) is 0. The molecule has 0 spiro atoms. The van der Waals surface area contributed by atoms with E-state index in [0.29, 0.717) is 0 Å². The second-order valence-electron chi connectivity index (χ2n) is 4.97. The van der Waals surface area contributed by atoms with Crippen LogP contribution in [-0.2, 0) is 12.1 Å². The van der Waals surface area contributed by atoms with Gasteiger partial charge >= 0.3 is 0 Å². The Morgan fingerprint density at radius 2 is 2.06 bits per heavy atom. The summed E-state index contributed by atoms with van der Waals surface area (Å²) in [6, 6.07) is 5.86. The minimum absolute atomic E-state index is 0.143. The minimum Gasteiger partial charge on any atom is -0.327 e. The molecule has 2 rings (SSSR count). The highest BCUT2D eigenvalue weighted by atomic mass is 35.5. The number of rotatable bonds is 4. The molecule has 3 nitrogen and oxygen atoms in total. The van der Waals surface area contributed by atoms with Crippen LogP contribution < -0.4 is 5.32 Å². The molecule has 0 aliphatic rings. The summed E-state index contributed by atoms with van der Waals surface area (Å²) < 4.78 is 2.23. The van der Waals surface area contributed by atoms with Crippen molar-refractivity contribution in [3.8, 4) is 0 Å². The van der Waals surface area contributed by atoms with E-state index in [0.717, 1.165) is 35.0 Å². The van der Waals surface area contributed by atoms with Crippen LogP contribution >= 0.6 is 11.6 Å². The molecule has 1 heterocycles. The van der Waals surface area contributed by atoms with E-state index in [4.69, 9.17) is 16.6 Å². The Balaban J connectivity index is 2.64. The molecular weight excluding hydrogens is 246 g/mol. The molecule has 0 fully saturated rings. The van der Waals surface area contributed by atoms with Gasteiger partial charge in [0.05, 0.1) is 16.6 Å². The number of hydrogen-bond donors (Lipinski definition) is 1. The lowest BCUT2D eigenvalue weighted by Crippen LogP contribution is -2.38. The number of nitrogens with zero attached hydrogens (tertiary/aromatic N) is 2. The van der Waals surface area contributed by atoms with Gasteiger partial charge in [0.25, 0.3) is 0 Å². The summed E-state index contributed by atoms with van der Waals surface area (Å²) in [4.78, 5) is 4.76. The average molecular weight is 266 g/mol. The zero-order valence-electron chi connectivity index (χ0n) is 11.4. The second-order valence-corrected chi connectivity index (χ2v) is 5.40. The Kier molecular flexibility index (Phi) is 3.64. The topological polar surface area (TPSA) is 29.9 Å². The van der Waals surface area contributed by atoms with Crippen molar-refractivity contribution in [3.05, 3.63) is 29.0 Å². The molecule has 18 heavy (non-hydrogen) atoms. The third-order valence-corrected chi connectivity index (χ3v) is 3.44. The zero-order chi connectivity index (χ0) is 13.3. The van der Waals surface area contributed by atoms with Gasteiger partial charge in [0, 0.05) is 11.6 Å². The van der Waals surface area contributed by atoms with Gasteiger partial charge < -0.3 is 9.88 Å². The molecule has 0 unspecified atom stereocenters. The van der Waals surface area contributed by atoms with E-state index in [9.17, 15) is 0 Å². The molecule has 0 aliphatic heterocycles. The highest BCUT2D eigenvalue weighted by Gasteiger charge is 2.26. The van der Waals surface area contributed by atoms with Crippen LogP contribution in [0.5, 0.6) is 0 Å². The van der Waals surface area contributed by atoms with Crippen LogP contribution in [0, 0.1) is 0 Å². The van der Waals surface area contributed by atoms with E-state index in [1.807, 2.05) is 18.2 Å². The Labute approximate surface area is 113 Å². The minimum atomic E-state index is -0.143. The maximum atomic E-state index is 6.08. The molecule has 0 bridgehead atoms. The van der Waals surface area contributed by atoms with E-state index in [1.54, 1.807) is 0 Å². The maximum Gasteiger partial charge on any atom is 0.129 e. The highest BCUT2D eigenvalue weighted by molar-refractivity contribution is 6.31. The first kappa shape index (κ1) is 13.4. The fraction of sp³-hybridized carbons (Fsp3) is 0.500. The van der Waals surface area contributed by atoms with Gasteiger partial charge in [-0.1, -0.05) is 18.5 Å². The number of aryl methyl sites for hydroxylation is 1. The van der Waals surface area contributed by atoms with Gasteiger partial charge in [-0.25, -0.2) is 4.98 Å². The summed E-state index contributed by atoms with van der Waals surface area (Å²) in [5.74, 6) is 1.06. The molecule has 0 saturated heterocycles. The van der Waals surface area contributed by atoms with Crippen LogP contribution in [-0.4, -0.2) is 16.1 Å². The first-order valence-corrected chi connectivity index (χ1v) is 6.78. The van der Waals surface area contributed by atoms with Crippen LogP contribution in [0.3, 0.4) is 0 Å². The highest BCUT2D eigenvalue weighted by Crippen LogP contribution is 2.26. The molecule has 0 atom stereocenters. The molecule has 2 aromatic rings. The average Bonchev–Trinajstić information content (AvgIpc) is 2.67. The maximum absolute atomic E-state index is 6.08. The number of nitrogens with one attached hydrogen (secondary N) is 1. The van der Waals surface area contributed by atoms with E-state index in [1.165, 1.54) is 0 Å². The Morgan fingerprint density at radius 3 is 2.67 bits per heavy atom. The van der Waals surface area contributed by atoms with E-state index >= 15 is 0 Å². The van der Waals surface area contributed by atoms with Crippen molar-refractivity contribution >= 4 is 22.6 Å². The van der Waals surface area contributed by atoms with Gasteiger partial charge in [-0.15, -0.1) is 0 Å². The molecule has 4 heteroatoms. The molecule has 0 amide bonds. The van der Waals surface area contributed by atoms with Crippen LogP contribution in [0.25, 0.3) is 11.0 Å². The number of imidazole rings is 1. The van der Waals surface area contributed by atoms with Crippen molar-refractivity contribution in [3.63, 3.8) is 0 Å². The summed E-state index contributed by atoms with van der Waals surface area (Å²) >= 11 is 6.08. The monoisotopic (exact) mass is 265 g/mol. The number of halogens is 1. The van der Waals surface area contributed by atoms with Crippen LogP contribution in [0.1, 0.15) is 33.5 Å². The van der Waals surface area contributed by atoms with Crippen molar-refractivity contribution in [2.24, 2.45) is 0 Å². The summed E-state index contributed by atoms with van der Waals surface area (Å²) in [6.07, 6.45) is 0. The lowest BCUT2D eigenvalue weighted by atomic mass is 10.0. The number of hydrogen-bond acceptors (Lipinski definition) is 2. The number of aromatic nitrogens is 2. The van der Waals surface area contributed by atoms with E-state index in [2.05, 4.69) is 37.6 Å². The molecule has 0 saturated carbocycles. The van der Waals surface area contributed by atoms with E-state index < -0.39 is 0 Å². The second kappa shape index (κ2) is 4.90.